The molecule has 1 aromatic heterocycles. The predicted octanol–water partition coefficient (Wildman–Crippen LogP) is 17.3. The first-order valence-electron chi connectivity index (χ1n) is 28.2. The number of hydrogen-bond donors (Lipinski definition) is 0. The van der Waals surface area contributed by atoms with E-state index in [-0.39, 0.29) is 0 Å². The summed E-state index contributed by atoms with van der Waals surface area (Å²) < 4.78 is 28.7. The first kappa shape index (κ1) is 52.0. The van der Waals surface area contributed by atoms with E-state index in [2.05, 4.69) is 318 Å². The molecule has 81 heavy (non-hydrogen) atoms. The lowest BCUT2D eigenvalue weighted by Gasteiger charge is -2.32. The number of para-hydroxylation sites is 2. The smallest absolute Gasteiger partial charge is 0.399 e. The van der Waals surface area contributed by atoms with Crippen LogP contribution in [0.2, 0.25) is 0 Å². The van der Waals surface area contributed by atoms with E-state index in [0.29, 0.717) is 0 Å². The summed E-state index contributed by atoms with van der Waals surface area (Å²) in [6.45, 7) is 16.8. The van der Waals surface area contributed by atoms with Crippen molar-refractivity contribution in [1.29, 1.82) is 0 Å². The zero-order valence-electron chi connectivity index (χ0n) is 47.3. The Morgan fingerprint density at radius 1 is 0.309 bits per heavy atom. The largest absolute Gasteiger partial charge is 0.494 e. The van der Waals surface area contributed by atoms with Gasteiger partial charge in [0.1, 0.15) is 0 Å². The van der Waals surface area contributed by atoms with Crippen LogP contribution in [0.3, 0.4) is 0 Å². The van der Waals surface area contributed by atoms with E-state index < -0.39 is 36.6 Å². The van der Waals surface area contributed by atoms with Gasteiger partial charge in [0.25, 0.3) is 0 Å². The third-order valence-corrected chi connectivity index (χ3v) is 17.3. The Hall–Kier alpha value is -8.43. The van der Waals surface area contributed by atoms with Crippen molar-refractivity contribution in [3.63, 3.8) is 0 Å². The van der Waals surface area contributed by atoms with Crippen LogP contribution in [0.5, 0.6) is 0 Å². The maximum Gasteiger partial charge on any atom is 0.494 e. The Morgan fingerprint density at radius 2 is 0.654 bits per heavy atom. The Balaban J connectivity index is 1.02. The Labute approximate surface area is 477 Å². The minimum atomic E-state index is -0.488. The summed E-state index contributed by atoms with van der Waals surface area (Å²) in [5.74, 6) is 0. The summed E-state index contributed by atoms with van der Waals surface area (Å²) in [4.78, 5) is 4.78. The maximum atomic E-state index is 6.56. The fourth-order valence-electron chi connectivity index (χ4n) is 11.4. The highest BCUT2D eigenvalue weighted by Crippen LogP contribution is 2.47. The van der Waals surface area contributed by atoms with Gasteiger partial charge in [-0.2, -0.15) is 0 Å². The van der Waals surface area contributed by atoms with Gasteiger partial charge in [0.15, 0.2) is 0 Å². The minimum Gasteiger partial charge on any atom is -0.399 e. The van der Waals surface area contributed by atoms with Crippen molar-refractivity contribution in [3.8, 4) is 39.1 Å². The second-order valence-electron chi connectivity index (χ2n) is 23.5. The molecule has 0 saturated carbocycles. The zero-order chi connectivity index (χ0) is 55.7. The quantitative estimate of drug-likeness (QED) is 0.114. The third-order valence-electron chi connectivity index (χ3n) is 17.3. The van der Waals surface area contributed by atoms with Crippen LogP contribution in [-0.4, -0.2) is 41.2 Å². The Morgan fingerprint density at radius 3 is 1.06 bits per heavy atom. The molecule has 398 valence electrons. The summed E-state index contributed by atoms with van der Waals surface area (Å²) in [6.07, 6.45) is 0. The summed E-state index contributed by atoms with van der Waals surface area (Å²) in [6, 6.07) is 89.6. The molecule has 0 aliphatic carbocycles. The average Bonchev–Trinajstić information content (AvgIpc) is 4.25. The summed E-state index contributed by atoms with van der Waals surface area (Å²) in [7, 11) is -0.975. The topological polar surface area (TPSA) is 48.3 Å². The van der Waals surface area contributed by atoms with Gasteiger partial charge in [0.2, 0.25) is 0 Å². The van der Waals surface area contributed by atoms with Gasteiger partial charge in [0, 0.05) is 50.3 Å². The van der Waals surface area contributed by atoms with Gasteiger partial charge < -0.3 is 33.0 Å². The molecule has 0 N–H and O–H groups in total. The molecule has 0 atom stereocenters. The average molecular weight is 1060 g/mol. The number of nitrogens with zero attached hydrogens (tertiary/aromatic N) is 3. The van der Waals surface area contributed by atoms with Gasteiger partial charge in [-0.25, -0.2) is 0 Å². The third kappa shape index (κ3) is 9.44. The van der Waals surface area contributed by atoms with Gasteiger partial charge in [-0.05, 0) is 173 Å². The SMILES string of the molecule is CC1(C)OB(c2ccc(N(c3ccc4c(c3)c3cc(N(c5ccc(B6OC(C)(C)C(C)(C)O6)cc5)c5ccccc5-c5ccccc5)ccc3n4-c3cccc(-c4ccccc4)c3)c3ccccc3-c3ccccc3)cc2)OC1(C)C. The van der Waals surface area contributed by atoms with Crippen molar-refractivity contribution in [3.05, 3.63) is 249 Å². The number of hydrogen-bond acceptors (Lipinski definition) is 6. The van der Waals surface area contributed by atoms with Crippen molar-refractivity contribution in [1.82, 2.24) is 4.57 Å². The van der Waals surface area contributed by atoms with E-state index in [0.717, 1.165) is 100 Å². The molecule has 0 radical (unpaired) electrons. The van der Waals surface area contributed by atoms with Gasteiger partial charge in [-0.1, -0.05) is 164 Å². The van der Waals surface area contributed by atoms with Crippen molar-refractivity contribution in [2.75, 3.05) is 9.80 Å². The van der Waals surface area contributed by atoms with Crippen molar-refractivity contribution in [2.24, 2.45) is 0 Å². The number of fused-ring (bicyclic) bond motifs is 3. The van der Waals surface area contributed by atoms with Crippen LogP contribution >= 0.6 is 0 Å². The molecule has 10 aromatic carbocycles. The van der Waals surface area contributed by atoms with Crippen molar-refractivity contribution >= 4 is 81.1 Å². The number of benzene rings is 10. The van der Waals surface area contributed by atoms with Crippen LogP contribution in [-0.2, 0) is 18.6 Å². The van der Waals surface area contributed by atoms with E-state index >= 15 is 0 Å². The van der Waals surface area contributed by atoms with E-state index in [1.165, 1.54) is 5.56 Å². The predicted molar refractivity (Wildman–Crippen MR) is 338 cm³/mol. The van der Waals surface area contributed by atoms with E-state index in [1.54, 1.807) is 0 Å². The van der Waals surface area contributed by atoms with E-state index in [4.69, 9.17) is 18.6 Å². The highest BCUT2D eigenvalue weighted by atomic mass is 16.7. The molecule has 0 spiro atoms. The summed E-state index contributed by atoms with van der Waals surface area (Å²) >= 11 is 0. The Kier molecular flexibility index (Phi) is 13.0. The molecule has 2 aliphatic rings. The van der Waals surface area contributed by atoms with Gasteiger partial charge in [-0.3, -0.25) is 0 Å². The molecule has 11 aromatic rings. The van der Waals surface area contributed by atoms with Crippen LogP contribution in [0.4, 0.5) is 34.1 Å². The van der Waals surface area contributed by atoms with E-state index in [9.17, 15) is 0 Å². The van der Waals surface area contributed by atoms with Crippen LogP contribution in [0.1, 0.15) is 55.4 Å². The highest BCUT2D eigenvalue weighted by molar-refractivity contribution is 6.62. The fourth-order valence-corrected chi connectivity index (χ4v) is 11.4. The van der Waals surface area contributed by atoms with Crippen LogP contribution in [0, 0.1) is 0 Å². The molecule has 7 nitrogen and oxygen atoms in total. The molecule has 0 bridgehead atoms. The molecular formula is C72H65B2N3O4. The Bertz CT molecular complexity index is 3830. The normalized spacial score (nSPS) is 16.0. The van der Waals surface area contributed by atoms with Crippen molar-refractivity contribution in [2.45, 2.75) is 77.8 Å². The number of anilines is 6. The molecular weight excluding hydrogens is 992 g/mol. The van der Waals surface area contributed by atoms with Crippen LogP contribution in [0.15, 0.2) is 249 Å². The standard InChI is InChI=1S/C72H65B2N3O4/c1-69(2)70(3,4)79-73(78-69)54-35-39-56(40-36-54)75(65-33-20-18-31-61(65)51-25-14-10-15-26-51)59-43-45-67-63(48-59)64-49-60(44-46-68(64)77(67)58-30-22-29-53(47-58)50-23-12-9-13-24-50)76(66-34-21-19-32-62(66)52-27-16-11-17-28-52)57-41-37-55(38-42-57)74-80-71(5,6)72(7,8)81-74/h9-49H,1-8H3. The van der Waals surface area contributed by atoms with Crippen LogP contribution < -0.4 is 20.7 Å². The summed E-state index contributed by atoms with van der Waals surface area (Å²) in [5, 5.41) is 2.22. The van der Waals surface area contributed by atoms with Gasteiger partial charge >= 0.3 is 14.2 Å². The molecule has 9 heteroatoms. The molecule has 2 fully saturated rings. The van der Waals surface area contributed by atoms with Gasteiger partial charge in [0.05, 0.1) is 44.8 Å². The molecule has 2 aliphatic heterocycles. The number of aromatic nitrogens is 1. The van der Waals surface area contributed by atoms with E-state index in [1.807, 2.05) is 0 Å². The van der Waals surface area contributed by atoms with Crippen LogP contribution in [0.25, 0.3) is 60.9 Å². The fraction of sp³-hybridized carbons (Fsp3) is 0.167. The highest BCUT2D eigenvalue weighted by Gasteiger charge is 2.53. The lowest BCUT2D eigenvalue weighted by atomic mass is 9.79. The minimum absolute atomic E-state index is 0.462. The molecule has 0 unspecified atom stereocenters. The summed E-state index contributed by atoms with van der Waals surface area (Å²) in [5.41, 5.74) is 16.3. The second-order valence-corrected chi connectivity index (χ2v) is 23.5. The molecule has 0 amide bonds. The zero-order valence-corrected chi connectivity index (χ0v) is 47.3. The van der Waals surface area contributed by atoms with Crippen molar-refractivity contribution < 1.29 is 18.6 Å². The maximum absolute atomic E-state index is 6.56. The first-order valence-corrected chi connectivity index (χ1v) is 28.2. The van der Waals surface area contributed by atoms with Gasteiger partial charge in [-0.15, -0.1) is 0 Å². The number of rotatable bonds is 12. The monoisotopic (exact) mass is 1060 g/mol. The lowest BCUT2D eigenvalue weighted by Crippen LogP contribution is -2.41. The first-order chi connectivity index (χ1) is 39.1. The molecule has 13 rings (SSSR count). The lowest BCUT2D eigenvalue weighted by molar-refractivity contribution is 0.00578. The molecule has 2 saturated heterocycles. The second kappa shape index (κ2) is 20.3. The molecule has 3 heterocycles.